The third kappa shape index (κ3) is 2.48. The molecule has 0 N–H and O–H groups in total. The Morgan fingerprint density at radius 1 is 1.16 bits per heavy atom. The molecule has 0 amide bonds. The van der Waals surface area contributed by atoms with Gasteiger partial charge in [-0.1, -0.05) is 44.0 Å². The SMILES string of the molecule is C[C@@H](c1ccc(C=O)cc1)[C@@H]1CCC2(CCCC2)C1. The predicted molar refractivity (Wildman–Crippen MR) is 78.5 cm³/mol. The van der Waals surface area contributed by atoms with Crippen molar-refractivity contribution >= 4 is 6.29 Å². The summed E-state index contributed by atoms with van der Waals surface area (Å²) < 4.78 is 0. The van der Waals surface area contributed by atoms with Crippen molar-refractivity contribution in [3.63, 3.8) is 0 Å². The predicted octanol–water partition coefficient (Wildman–Crippen LogP) is 4.96. The molecule has 1 heteroatoms. The highest BCUT2D eigenvalue weighted by atomic mass is 16.1. The maximum absolute atomic E-state index is 10.7. The molecule has 1 aromatic rings. The van der Waals surface area contributed by atoms with Crippen LogP contribution in [0.3, 0.4) is 0 Å². The van der Waals surface area contributed by atoms with E-state index in [1.54, 1.807) is 0 Å². The van der Waals surface area contributed by atoms with E-state index >= 15 is 0 Å². The van der Waals surface area contributed by atoms with Gasteiger partial charge in [0, 0.05) is 5.56 Å². The third-order valence-corrected chi connectivity index (χ3v) is 5.71. The molecule has 1 aromatic carbocycles. The van der Waals surface area contributed by atoms with E-state index < -0.39 is 0 Å². The average molecular weight is 256 g/mol. The number of hydrogen-bond donors (Lipinski definition) is 0. The lowest BCUT2D eigenvalue weighted by Gasteiger charge is -2.25. The Balaban J connectivity index is 1.70. The van der Waals surface area contributed by atoms with Gasteiger partial charge >= 0.3 is 0 Å². The lowest BCUT2D eigenvalue weighted by molar-refractivity contribution is 0.112. The van der Waals surface area contributed by atoms with Crippen LogP contribution in [0.4, 0.5) is 0 Å². The quantitative estimate of drug-likeness (QED) is 0.698. The lowest BCUT2D eigenvalue weighted by Crippen LogP contribution is -2.13. The van der Waals surface area contributed by atoms with Gasteiger partial charge in [-0.2, -0.15) is 0 Å². The minimum absolute atomic E-state index is 0.640. The minimum Gasteiger partial charge on any atom is -0.298 e. The standard InChI is InChI=1S/C18H24O/c1-14(16-6-4-15(13-19)5-7-16)17-8-11-18(12-17)9-2-3-10-18/h4-7,13-14,17H,2-3,8-12H2,1H3/t14-,17+/m0/s1. The smallest absolute Gasteiger partial charge is 0.150 e. The molecule has 2 atom stereocenters. The van der Waals surface area contributed by atoms with Crippen molar-refractivity contribution < 1.29 is 4.79 Å². The summed E-state index contributed by atoms with van der Waals surface area (Å²) in [4.78, 5) is 10.7. The van der Waals surface area contributed by atoms with Gasteiger partial charge in [0.15, 0.2) is 0 Å². The van der Waals surface area contributed by atoms with E-state index in [1.165, 1.54) is 50.5 Å². The molecule has 0 bridgehead atoms. The molecule has 0 heterocycles. The molecule has 0 aliphatic heterocycles. The van der Waals surface area contributed by atoms with Crippen LogP contribution in [0.1, 0.15) is 73.7 Å². The summed E-state index contributed by atoms with van der Waals surface area (Å²) in [5.41, 5.74) is 2.90. The van der Waals surface area contributed by atoms with E-state index in [1.807, 2.05) is 12.1 Å². The third-order valence-electron chi connectivity index (χ3n) is 5.71. The summed E-state index contributed by atoms with van der Waals surface area (Å²) in [5.74, 6) is 1.49. The first-order valence-electron chi connectivity index (χ1n) is 7.78. The van der Waals surface area contributed by atoms with E-state index in [2.05, 4.69) is 19.1 Å². The van der Waals surface area contributed by atoms with Crippen molar-refractivity contribution in [2.75, 3.05) is 0 Å². The Bertz CT molecular complexity index is 439. The van der Waals surface area contributed by atoms with Crippen molar-refractivity contribution in [1.29, 1.82) is 0 Å². The van der Waals surface area contributed by atoms with Gasteiger partial charge in [0.1, 0.15) is 6.29 Å². The molecule has 19 heavy (non-hydrogen) atoms. The van der Waals surface area contributed by atoms with Crippen LogP contribution in [-0.2, 0) is 0 Å². The van der Waals surface area contributed by atoms with Crippen molar-refractivity contribution in [2.24, 2.45) is 11.3 Å². The number of carbonyl (C=O) groups excluding carboxylic acids is 1. The number of hydrogen-bond acceptors (Lipinski definition) is 1. The molecule has 2 fully saturated rings. The minimum atomic E-state index is 0.640. The zero-order valence-corrected chi connectivity index (χ0v) is 11.9. The van der Waals surface area contributed by atoms with Crippen LogP contribution in [0.25, 0.3) is 0 Å². The largest absolute Gasteiger partial charge is 0.298 e. The van der Waals surface area contributed by atoms with E-state index in [9.17, 15) is 4.79 Å². The van der Waals surface area contributed by atoms with Crippen molar-refractivity contribution in [3.8, 4) is 0 Å². The highest BCUT2D eigenvalue weighted by molar-refractivity contribution is 5.74. The van der Waals surface area contributed by atoms with Gasteiger partial charge in [0.2, 0.25) is 0 Å². The zero-order valence-electron chi connectivity index (χ0n) is 11.9. The van der Waals surface area contributed by atoms with Crippen LogP contribution in [0, 0.1) is 11.3 Å². The number of rotatable bonds is 3. The van der Waals surface area contributed by atoms with Crippen LogP contribution in [0.15, 0.2) is 24.3 Å². The van der Waals surface area contributed by atoms with Crippen LogP contribution in [0.2, 0.25) is 0 Å². The number of benzene rings is 1. The Kier molecular flexibility index (Phi) is 3.47. The molecule has 2 saturated carbocycles. The molecule has 3 rings (SSSR count). The topological polar surface area (TPSA) is 17.1 Å². The molecular weight excluding hydrogens is 232 g/mol. The first-order chi connectivity index (χ1) is 9.22. The van der Waals surface area contributed by atoms with Gasteiger partial charge in [0.25, 0.3) is 0 Å². The molecule has 102 valence electrons. The van der Waals surface area contributed by atoms with Crippen molar-refractivity contribution in [1.82, 2.24) is 0 Å². The Morgan fingerprint density at radius 3 is 2.47 bits per heavy atom. The van der Waals surface area contributed by atoms with Gasteiger partial charge in [-0.25, -0.2) is 0 Å². The van der Waals surface area contributed by atoms with E-state index in [4.69, 9.17) is 0 Å². The first-order valence-corrected chi connectivity index (χ1v) is 7.78. The van der Waals surface area contributed by atoms with Crippen molar-refractivity contribution in [3.05, 3.63) is 35.4 Å². The summed E-state index contributed by atoms with van der Waals surface area (Å²) in [7, 11) is 0. The molecule has 0 saturated heterocycles. The van der Waals surface area contributed by atoms with Gasteiger partial charge in [-0.05, 0) is 54.9 Å². The molecule has 0 radical (unpaired) electrons. The number of carbonyl (C=O) groups is 1. The summed E-state index contributed by atoms with van der Waals surface area (Å²) in [6.07, 6.45) is 11.1. The summed E-state index contributed by atoms with van der Waals surface area (Å²) >= 11 is 0. The maximum Gasteiger partial charge on any atom is 0.150 e. The van der Waals surface area contributed by atoms with E-state index in [0.717, 1.165) is 17.8 Å². The van der Waals surface area contributed by atoms with Gasteiger partial charge in [-0.15, -0.1) is 0 Å². The maximum atomic E-state index is 10.7. The van der Waals surface area contributed by atoms with Gasteiger partial charge < -0.3 is 0 Å². The summed E-state index contributed by atoms with van der Waals surface area (Å²) in [6, 6.07) is 8.21. The molecule has 2 aliphatic carbocycles. The highest BCUT2D eigenvalue weighted by Crippen LogP contribution is 2.55. The molecule has 0 unspecified atom stereocenters. The fraction of sp³-hybridized carbons (Fsp3) is 0.611. The Labute approximate surface area is 116 Å². The molecule has 0 aromatic heterocycles. The van der Waals surface area contributed by atoms with Crippen molar-refractivity contribution in [2.45, 2.75) is 57.8 Å². The highest BCUT2D eigenvalue weighted by Gasteiger charge is 2.42. The second kappa shape index (κ2) is 5.11. The van der Waals surface area contributed by atoms with Gasteiger partial charge in [0.05, 0.1) is 0 Å². The van der Waals surface area contributed by atoms with Crippen LogP contribution in [-0.4, -0.2) is 6.29 Å². The molecule has 1 nitrogen and oxygen atoms in total. The van der Waals surface area contributed by atoms with Gasteiger partial charge in [-0.3, -0.25) is 4.79 Å². The molecule has 1 spiro atoms. The normalized spacial score (nSPS) is 26.7. The molecule has 2 aliphatic rings. The van der Waals surface area contributed by atoms with Crippen LogP contribution >= 0.6 is 0 Å². The number of aldehydes is 1. The fourth-order valence-electron chi connectivity index (χ4n) is 4.41. The second-order valence-electron chi connectivity index (χ2n) is 6.78. The van der Waals surface area contributed by atoms with E-state index in [-0.39, 0.29) is 0 Å². The fourth-order valence-corrected chi connectivity index (χ4v) is 4.41. The first kappa shape index (κ1) is 12.9. The molecular formula is C18H24O. The summed E-state index contributed by atoms with van der Waals surface area (Å²) in [6.45, 7) is 2.37. The lowest BCUT2D eigenvalue weighted by atomic mass is 9.80. The average Bonchev–Trinajstić information content (AvgIpc) is 3.09. The zero-order chi connectivity index (χ0) is 13.3. The summed E-state index contributed by atoms with van der Waals surface area (Å²) in [5, 5.41) is 0. The van der Waals surface area contributed by atoms with E-state index in [0.29, 0.717) is 11.3 Å². The Hall–Kier alpha value is -1.11. The van der Waals surface area contributed by atoms with Crippen LogP contribution < -0.4 is 0 Å². The van der Waals surface area contributed by atoms with Crippen LogP contribution in [0.5, 0.6) is 0 Å². The Morgan fingerprint density at radius 2 is 1.84 bits per heavy atom. The second-order valence-corrected chi connectivity index (χ2v) is 6.78. The monoisotopic (exact) mass is 256 g/mol.